The molecule has 2 aliphatic rings. The Kier molecular flexibility index (Phi) is 5.94. The molecule has 0 aromatic heterocycles. The lowest BCUT2D eigenvalue weighted by atomic mass is 9.90. The Morgan fingerprint density at radius 2 is 1.21 bits per heavy atom. The van der Waals surface area contributed by atoms with Crippen molar-refractivity contribution in [3.05, 3.63) is 121 Å². The normalized spacial score (nSPS) is 21.0. The van der Waals surface area contributed by atoms with Crippen LogP contribution in [0.2, 0.25) is 0 Å². The molecule has 190 valence electrons. The van der Waals surface area contributed by atoms with Crippen molar-refractivity contribution in [3.8, 4) is 5.75 Å². The molecule has 8 nitrogen and oxygen atoms in total. The lowest BCUT2D eigenvalue weighted by Gasteiger charge is -2.29. The molecule has 0 saturated carbocycles. The summed E-state index contributed by atoms with van der Waals surface area (Å²) in [5.74, 6) is -1.81. The van der Waals surface area contributed by atoms with E-state index < -0.39 is 40.0 Å². The van der Waals surface area contributed by atoms with Crippen LogP contribution in [-0.2, 0) is 24.5 Å². The lowest BCUT2D eigenvalue weighted by molar-refractivity contribution is -0.126. The van der Waals surface area contributed by atoms with Crippen molar-refractivity contribution in [1.29, 1.82) is 0 Å². The van der Waals surface area contributed by atoms with Crippen LogP contribution in [0.3, 0.4) is 0 Å². The van der Waals surface area contributed by atoms with E-state index in [-0.39, 0.29) is 10.6 Å². The standard InChI is InChI=1S/C29H22N2O6S/c32-28-25-26(23-18-10-11-19-24(23)37-38(34,35)22-16-8-3-9-17-22)31(21-14-6-2-7-15-21)36-27(25)29(33)30(28)20-12-4-1-5-13-20/h1-19,25-27H/t25-,26-,27+/m1/s1. The number of imide groups is 1. The van der Waals surface area contributed by atoms with Gasteiger partial charge in [0.15, 0.2) is 6.10 Å². The molecular formula is C29H22N2O6S. The molecule has 0 bridgehead atoms. The Bertz CT molecular complexity index is 1600. The molecule has 2 fully saturated rings. The number of nitrogens with zero attached hydrogens (tertiary/aromatic N) is 2. The summed E-state index contributed by atoms with van der Waals surface area (Å²) in [6.45, 7) is 0. The zero-order valence-corrected chi connectivity index (χ0v) is 20.8. The zero-order valence-electron chi connectivity index (χ0n) is 20.0. The maximum atomic E-state index is 13.8. The van der Waals surface area contributed by atoms with Crippen LogP contribution in [0.25, 0.3) is 0 Å². The fourth-order valence-electron chi connectivity index (χ4n) is 4.91. The van der Waals surface area contributed by atoms with E-state index in [1.54, 1.807) is 78.9 Å². The molecule has 0 radical (unpaired) electrons. The summed E-state index contributed by atoms with van der Waals surface area (Å²) in [4.78, 5) is 34.6. The molecule has 4 aromatic rings. The number of hydroxylamine groups is 1. The van der Waals surface area contributed by atoms with Crippen LogP contribution >= 0.6 is 0 Å². The van der Waals surface area contributed by atoms with Gasteiger partial charge in [-0.3, -0.25) is 14.4 Å². The first-order valence-electron chi connectivity index (χ1n) is 12.0. The van der Waals surface area contributed by atoms with Crippen molar-refractivity contribution in [2.45, 2.75) is 17.0 Å². The fraction of sp³-hybridized carbons (Fsp3) is 0.103. The van der Waals surface area contributed by atoms with Gasteiger partial charge in [0.1, 0.15) is 16.6 Å². The third-order valence-electron chi connectivity index (χ3n) is 6.61. The summed E-state index contributed by atoms with van der Waals surface area (Å²) in [5, 5.41) is 1.50. The van der Waals surface area contributed by atoms with Gasteiger partial charge in [0.05, 0.1) is 17.4 Å². The van der Waals surface area contributed by atoms with Gasteiger partial charge in [-0.25, -0.2) is 9.96 Å². The zero-order chi connectivity index (χ0) is 26.3. The first-order chi connectivity index (χ1) is 18.5. The molecule has 0 spiro atoms. The maximum absolute atomic E-state index is 13.8. The molecule has 0 aliphatic carbocycles. The Morgan fingerprint density at radius 3 is 1.87 bits per heavy atom. The third kappa shape index (κ3) is 4.02. The highest BCUT2D eigenvalue weighted by Gasteiger charge is 2.60. The van der Waals surface area contributed by atoms with E-state index in [1.807, 2.05) is 18.2 Å². The molecule has 9 heteroatoms. The summed E-state index contributed by atoms with van der Waals surface area (Å²) in [6.07, 6.45) is -1.09. The molecule has 2 aliphatic heterocycles. The van der Waals surface area contributed by atoms with Crippen molar-refractivity contribution >= 4 is 33.3 Å². The number of anilines is 2. The number of rotatable bonds is 6. The van der Waals surface area contributed by atoms with Gasteiger partial charge in [-0.05, 0) is 42.5 Å². The van der Waals surface area contributed by atoms with Gasteiger partial charge in [0, 0.05) is 5.56 Å². The van der Waals surface area contributed by atoms with Crippen molar-refractivity contribution in [2.24, 2.45) is 5.92 Å². The molecule has 2 saturated heterocycles. The van der Waals surface area contributed by atoms with E-state index in [9.17, 15) is 18.0 Å². The predicted molar refractivity (Wildman–Crippen MR) is 140 cm³/mol. The number of para-hydroxylation sites is 3. The number of hydrogen-bond donors (Lipinski definition) is 0. The highest BCUT2D eigenvalue weighted by atomic mass is 32.2. The predicted octanol–water partition coefficient (Wildman–Crippen LogP) is 4.51. The highest BCUT2D eigenvalue weighted by molar-refractivity contribution is 7.87. The highest BCUT2D eigenvalue weighted by Crippen LogP contribution is 2.49. The van der Waals surface area contributed by atoms with Crippen molar-refractivity contribution < 1.29 is 27.0 Å². The largest absolute Gasteiger partial charge is 0.379 e. The van der Waals surface area contributed by atoms with Gasteiger partial charge < -0.3 is 4.18 Å². The molecule has 38 heavy (non-hydrogen) atoms. The second kappa shape index (κ2) is 9.44. The number of hydrogen-bond acceptors (Lipinski definition) is 7. The molecule has 4 aromatic carbocycles. The van der Waals surface area contributed by atoms with Gasteiger partial charge in [0.2, 0.25) is 5.91 Å². The molecule has 2 heterocycles. The summed E-state index contributed by atoms with van der Waals surface area (Å²) >= 11 is 0. The molecular weight excluding hydrogens is 504 g/mol. The second-order valence-electron chi connectivity index (χ2n) is 8.89. The van der Waals surface area contributed by atoms with E-state index in [4.69, 9.17) is 9.02 Å². The van der Waals surface area contributed by atoms with E-state index in [1.165, 1.54) is 23.3 Å². The van der Waals surface area contributed by atoms with Crippen molar-refractivity contribution in [2.75, 3.05) is 9.96 Å². The number of benzene rings is 4. The number of carbonyl (C=O) groups is 2. The van der Waals surface area contributed by atoms with Gasteiger partial charge in [-0.2, -0.15) is 8.42 Å². The number of amides is 2. The Morgan fingerprint density at radius 1 is 0.658 bits per heavy atom. The summed E-state index contributed by atoms with van der Waals surface area (Å²) < 4.78 is 31.8. The van der Waals surface area contributed by atoms with Gasteiger partial charge in [-0.15, -0.1) is 0 Å². The van der Waals surface area contributed by atoms with Gasteiger partial charge >= 0.3 is 10.1 Å². The topological polar surface area (TPSA) is 93.2 Å². The second-order valence-corrected chi connectivity index (χ2v) is 10.4. The van der Waals surface area contributed by atoms with E-state index in [0.717, 1.165) is 4.90 Å². The Labute approximate surface area is 219 Å². The lowest BCUT2D eigenvalue weighted by Crippen LogP contribution is -2.37. The van der Waals surface area contributed by atoms with Crippen LogP contribution in [0.5, 0.6) is 5.75 Å². The first-order valence-corrected chi connectivity index (χ1v) is 13.4. The van der Waals surface area contributed by atoms with Gasteiger partial charge in [0.25, 0.3) is 5.91 Å². The van der Waals surface area contributed by atoms with Crippen molar-refractivity contribution in [3.63, 3.8) is 0 Å². The molecule has 0 N–H and O–H groups in total. The maximum Gasteiger partial charge on any atom is 0.339 e. The van der Waals surface area contributed by atoms with Crippen LogP contribution in [0.15, 0.2) is 120 Å². The van der Waals surface area contributed by atoms with Crippen LogP contribution < -0.4 is 14.1 Å². The summed E-state index contributed by atoms with van der Waals surface area (Å²) in [5.41, 5.74) is 1.46. The summed E-state index contributed by atoms with van der Waals surface area (Å²) in [6, 6.07) is 31.3. The number of fused-ring (bicyclic) bond motifs is 1. The summed E-state index contributed by atoms with van der Waals surface area (Å²) in [7, 11) is -4.17. The smallest absolute Gasteiger partial charge is 0.339 e. The molecule has 0 unspecified atom stereocenters. The quantitative estimate of drug-likeness (QED) is 0.270. The van der Waals surface area contributed by atoms with E-state index in [2.05, 4.69) is 0 Å². The monoisotopic (exact) mass is 526 g/mol. The van der Waals surface area contributed by atoms with E-state index in [0.29, 0.717) is 16.9 Å². The van der Waals surface area contributed by atoms with Crippen LogP contribution in [0.1, 0.15) is 11.6 Å². The minimum atomic E-state index is -4.17. The van der Waals surface area contributed by atoms with Crippen LogP contribution in [-0.4, -0.2) is 26.3 Å². The van der Waals surface area contributed by atoms with Crippen LogP contribution in [0.4, 0.5) is 11.4 Å². The minimum Gasteiger partial charge on any atom is -0.379 e. The van der Waals surface area contributed by atoms with Crippen molar-refractivity contribution in [1.82, 2.24) is 0 Å². The molecule has 2 amide bonds. The Hall–Kier alpha value is -4.47. The van der Waals surface area contributed by atoms with E-state index >= 15 is 0 Å². The SMILES string of the molecule is O=C1[C@H]2[C@H](ON(c3ccccc3)[C@@H]2c2ccccc2OS(=O)(=O)c2ccccc2)C(=O)N1c1ccccc1. The van der Waals surface area contributed by atoms with Gasteiger partial charge in [-0.1, -0.05) is 72.8 Å². The minimum absolute atomic E-state index is 0.00218. The molecule has 3 atom stereocenters. The third-order valence-corrected chi connectivity index (χ3v) is 7.86. The van der Waals surface area contributed by atoms with Crippen LogP contribution in [0, 0.1) is 5.92 Å². The first kappa shape index (κ1) is 23.9. The number of carbonyl (C=O) groups excluding carboxylic acids is 2. The fourth-order valence-corrected chi connectivity index (χ4v) is 5.89. The average molecular weight is 527 g/mol. The average Bonchev–Trinajstić information content (AvgIpc) is 3.46. The Balaban J connectivity index is 1.45. The molecule has 6 rings (SSSR count).